The fraction of sp³-hybridized carbons (Fsp3) is 0.141. The first-order valence-electron chi connectivity index (χ1n) is 33.0. The van der Waals surface area contributed by atoms with Crippen molar-refractivity contribution < 1.29 is 47.5 Å². The highest BCUT2D eigenvalue weighted by Gasteiger charge is 2.25. The van der Waals surface area contributed by atoms with Gasteiger partial charge in [-0.05, 0) is 172 Å². The molecule has 101 heavy (non-hydrogen) atoms. The van der Waals surface area contributed by atoms with Crippen molar-refractivity contribution in [2.45, 2.75) is 39.7 Å². The average Bonchev–Trinajstić information content (AvgIpc) is 1.66. The van der Waals surface area contributed by atoms with Crippen LogP contribution in [-0.2, 0) is 14.3 Å². The number of benzene rings is 12. The van der Waals surface area contributed by atoms with Gasteiger partial charge in [-0.25, -0.2) is 9.59 Å². The number of halogens is 1. The lowest BCUT2D eigenvalue weighted by Crippen LogP contribution is -2.11. The van der Waals surface area contributed by atoms with E-state index in [9.17, 15) is 14.4 Å². The Kier molecular flexibility index (Phi) is 21.4. The lowest BCUT2D eigenvalue weighted by molar-refractivity contribution is -0.133. The summed E-state index contributed by atoms with van der Waals surface area (Å²) in [6.45, 7) is 8.53. The normalized spacial score (nSPS) is 13.0. The molecule has 12 aromatic rings. The van der Waals surface area contributed by atoms with Crippen molar-refractivity contribution in [2.75, 3.05) is 39.3 Å². The van der Waals surface area contributed by atoms with Gasteiger partial charge in [-0.2, -0.15) is 27.9 Å². The minimum Gasteiger partial charge on any atom is -0.497 e. The number of epoxide rings is 1. The second kappa shape index (κ2) is 31.7. The zero-order valence-corrected chi connectivity index (χ0v) is 57.5. The number of hydrogen-bond donors (Lipinski definition) is 1. The zero-order valence-electron chi connectivity index (χ0n) is 55.9. The molecule has 1 atom stereocenters. The van der Waals surface area contributed by atoms with E-state index in [1.807, 2.05) is 97.9 Å². The van der Waals surface area contributed by atoms with Crippen molar-refractivity contribution >= 4 is 98.3 Å². The minimum atomic E-state index is -0.591. The van der Waals surface area contributed by atoms with Gasteiger partial charge in [-0.3, -0.25) is 4.79 Å². The summed E-state index contributed by atoms with van der Waals surface area (Å²) in [5.41, 5.74) is 15.2. The molecule has 2 aliphatic rings. The van der Waals surface area contributed by atoms with Gasteiger partial charge in [0.1, 0.15) is 40.6 Å². The summed E-state index contributed by atoms with van der Waals surface area (Å²) < 4.78 is 39.4. The Bertz CT molecular complexity index is 5170. The first kappa shape index (κ1) is 68.2. The second-order valence-corrected chi connectivity index (χ2v) is 25.2. The molecule has 0 bridgehead atoms. The van der Waals surface area contributed by atoms with Crippen LogP contribution >= 0.6 is 24.2 Å². The topological polar surface area (TPSA) is 169 Å². The van der Waals surface area contributed by atoms with Crippen LogP contribution < -0.4 is 23.7 Å². The van der Waals surface area contributed by atoms with Crippen LogP contribution in [0.5, 0.6) is 28.7 Å². The zero-order chi connectivity index (χ0) is 69.8. The molecule has 1 unspecified atom stereocenters. The van der Waals surface area contributed by atoms with Crippen molar-refractivity contribution in [1.82, 2.24) is 0 Å². The molecule has 1 fully saturated rings. The fourth-order valence-electron chi connectivity index (χ4n) is 12.0. The molecule has 0 radical (unpaired) electrons. The highest BCUT2D eigenvalue weighted by atomic mass is 35.5. The summed E-state index contributed by atoms with van der Waals surface area (Å²) in [5, 5.41) is 23.6. The summed E-state index contributed by atoms with van der Waals surface area (Å²) in [7, 11) is 1.60. The molecule has 0 spiro atoms. The Morgan fingerprint density at radius 2 is 1.15 bits per heavy atom. The molecule has 0 amide bonds. The molecule has 0 N–H and O–H groups in total. The molecule has 1 aliphatic heterocycles. The molecule has 502 valence electrons. The smallest absolute Gasteiger partial charge is 0.343 e. The van der Waals surface area contributed by atoms with Crippen LogP contribution in [0.25, 0.3) is 65.7 Å². The number of aryl methyl sites for hydroxylation is 2. The van der Waals surface area contributed by atoms with E-state index in [1.54, 1.807) is 86.3 Å². The Morgan fingerprint density at radius 3 is 1.86 bits per heavy atom. The van der Waals surface area contributed by atoms with E-state index >= 15 is 0 Å². The van der Waals surface area contributed by atoms with Gasteiger partial charge in [-0.15, -0.1) is 5.10 Å². The summed E-state index contributed by atoms with van der Waals surface area (Å²) >= 11 is 10.9. The summed E-state index contributed by atoms with van der Waals surface area (Å²) in [4.78, 5) is 39.4. The molecule has 0 saturated carbocycles. The molecular formula is C85H69ClN4O10S. The van der Waals surface area contributed by atoms with Gasteiger partial charge in [0.05, 0.1) is 67.6 Å². The number of fused-ring (bicyclic) bond motifs is 6. The third-order valence-electron chi connectivity index (χ3n) is 17.2. The van der Waals surface area contributed by atoms with E-state index in [-0.39, 0.29) is 30.0 Å². The second-order valence-electron chi connectivity index (χ2n) is 24.3. The Hall–Kier alpha value is -11.3. The Balaban J connectivity index is 0.000000194. The lowest BCUT2D eigenvalue weighted by Gasteiger charge is -2.12. The number of methoxy groups -OCH3 is 1. The van der Waals surface area contributed by atoms with Crippen LogP contribution in [0.4, 0.5) is 0 Å². The highest BCUT2D eigenvalue weighted by Crippen LogP contribution is 2.39. The van der Waals surface area contributed by atoms with E-state index in [0.717, 1.165) is 73.8 Å². The highest BCUT2D eigenvalue weighted by molar-refractivity contribution is 7.80. The quantitative estimate of drug-likeness (QED) is 0.0131. The molecule has 1 heterocycles. The number of rotatable bonds is 22. The molecule has 16 heteroatoms. The number of hydrogen-bond acceptors (Lipinski definition) is 15. The summed E-state index contributed by atoms with van der Waals surface area (Å²) in [5.74, 6) is 1.19. The van der Waals surface area contributed by atoms with E-state index < -0.39 is 11.9 Å². The average molecular weight is 1370 g/mol. The van der Waals surface area contributed by atoms with E-state index in [1.165, 1.54) is 27.6 Å². The minimum absolute atomic E-state index is 0.223. The molecule has 12 aromatic carbocycles. The van der Waals surface area contributed by atoms with Gasteiger partial charge in [0.15, 0.2) is 0 Å². The predicted octanol–water partition coefficient (Wildman–Crippen LogP) is 19.0. The van der Waals surface area contributed by atoms with Crippen LogP contribution in [0.2, 0.25) is 5.02 Å². The maximum atomic E-state index is 13.6. The molecular weight excluding hydrogens is 1300 g/mol. The van der Waals surface area contributed by atoms with Gasteiger partial charge in [0, 0.05) is 46.4 Å². The largest absolute Gasteiger partial charge is 0.497 e. The number of carbonyl (C=O) groups is 3. The van der Waals surface area contributed by atoms with Gasteiger partial charge >= 0.3 is 17.9 Å². The maximum absolute atomic E-state index is 13.6. The third kappa shape index (κ3) is 16.5. The maximum Gasteiger partial charge on any atom is 0.343 e. The van der Waals surface area contributed by atoms with Gasteiger partial charge in [-0.1, -0.05) is 174 Å². The Labute approximate surface area is 595 Å². The number of esters is 3. The van der Waals surface area contributed by atoms with Crippen molar-refractivity contribution in [3.05, 3.63) is 292 Å². The van der Waals surface area contributed by atoms with Crippen LogP contribution in [0.1, 0.15) is 79.4 Å². The number of carbonyl (C=O) groups excluding carboxylic acids is 3. The standard InChI is InChI=1S/C49H37ClN2O8.C36H32N2O2S/c1-55-35-18-20-38-32(26-35)15-22-45(46(38)50)60-49(54)33-13-19-37-31(25-33)14-21-44(59-48(53)30-11-16-34(17-12-30)57-24-6-23-56-28-36-29-58-36)43(37)27-51-52-47-41-9-4-2-7-39(41)40-8-3-5-10-42(40)47;1-24-18-25(2)20-33(19-24)30-12-10-29(11-13-30)32-14-15-35(40-36(39)16-17-41)34(22-32)26(3)38-37-23-27-8-9-28-6-4-5-7-31(28)21-27/h2-5,7-22,25-27,36H,6,23-24,28-29H2,1H3;4-15,18-23,41H,16-17H2,1-3H3/b51-27+;37-23+,38-26+. The number of ether oxygens (including phenoxy) is 7. The summed E-state index contributed by atoms with van der Waals surface area (Å²) in [6.07, 6.45) is 4.49. The van der Waals surface area contributed by atoms with Crippen molar-refractivity contribution in [1.29, 1.82) is 0 Å². The third-order valence-corrected chi connectivity index (χ3v) is 17.8. The number of thiol groups is 1. The van der Waals surface area contributed by atoms with Crippen molar-refractivity contribution in [3.8, 4) is 62.1 Å². The van der Waals surface area contributed by atoms with Gasteiger partial charge in [0.2, 0.25) is 0 Å². The molecule has 14 nitrogen and oxygen atoms in total. The monoisotopic (exact) mass is 1370 g/mol. The van der Waals surface area contributed by atoms with Gasteiger partial charge < -0.3 is 33.2 Å². The van der Waals surface area contributed by atoms with Gasteiger partial charge in [0.25, 0.3) is 0 Å². The summed E-state index contributed by atoms with van der Waals surface area (Å²) in [6, 6.07) is 75.7. The van der Waals surface area contributed by atoms with E-state index in [0.29, 0.717) is 86.6 Å². The molecule has 0 aromatic heterocycles. The first-order chi connectivity index (χ1) is 49.3. The molecule has 1 saturated heterocycles. The number of nitrogens with zero attached hydrogens (tertiary/aromatic N) is 4. The lowest BCUT2D eigenvalue weighted by atomic mass is 9.96. The van der Waals surface area contributed by atoms with Crippen molar-refractivity contribution in [2.24, 2.45) is 20.4 Å². The van der Waals surface area contributed by atoms with Crippen LogP contribution in [-0.4, -0.2) is 87.2 Å². The van der Waals surface area contributed by atoms with E-state index in [2.05, 4.69) is 121 Å². The SMILES string of the molecule is C/C(=N\N=C\c1ccc2ccccc2c1)c1cc(-c2ccc(-c3cc(C)cc(C)c3)cc2)ccc1OC(=O)CCS.COc1ccc2c(Cl)c(OC(=O)c3ccc4c(/C=N/N=C5c6ccccc6-c6ccccc65)c(OC(=O)c5ccc(OCCCOCC6CO6)cc5)ccc4c3)ccc2c1. The molecule has 14 rings (SSSR count). The fourth-order valence-corrected chi connectivity index (χ4v) is 12.4. The first-order valence-corrected chi connectivity index (χ1v) is 34.1. The molecule has 1 aliphatic carbocycles. The van der Waals surface area contributed by atoms with Crippen LogP contribution in [0.3, 0.4) is 0 Å². The Morgan fingerprint density at radius 1 is 0.545 bits per heavy atom. The van der Waals surface area contributed by atoms with Crippen molar-refractivity contribution in [3.63, 3.8) is 0 Å². The van der Waals surface area contributed by atoms with Crippen LogP contribution in [0, 0.1) is 13.8 Å². The predicted molar refractivity (Wildman–Crippen MR) is 406 cm³/mol. The van der Waals surface area contributed by atoms with Crippen LogP contribution in [0.15, 0.2) is 257 Å². The van der Waals surface area contributed by atoms with E-state index in [4.69, 9.17) is 49.9 Å².